The molecule has 1 amide bonds. The Hall–Kier alpha value is -4.47. The zero-order chi connectivity index (χ0) is 25.9. The molecule has 1 aromatic heterocycles. The largest absolute Gasteiger partial charge is 0.507 e. The van der Waals surface area contributed by atoms with E-state index in [1.807, 2.05) is 10.8 Å². The van der Waals surface area contributed by atoms with E-state index in [9.17, 15) is 14.7 Å². The van der Waals surface area contributed by atoms with Gasteiger partial charge in [0.05, 0.1) is 32.2 Å². The summed E-state index contributed by atoms with van der Waals surface area (Å²) < 4.78 is 23.9. The fourth-order valence-corrected chi connectivity index (χ4v) is 4.67. The number of likely N-dealkylation sites (tertiary alicyclic amines) is 1. The van der Waals surface area contributed by atoms with Crippen molar-refractivity contribution in [2.24, 2.45) is 0 Å². The summed E-state index contributed by atoms with van der Waals surface area (Å²) in [5.41, 5.74) is 0.959. The Kier molecular flexibility index (Phi) is 6.72. The van der Waals surface area contributed by atoms with Gasteiger partial charge in [0.25, 0.3) is 11.7 Å². The minimum Gasteiger partial charge on any atom is -0.507 e. The molecule has 1 fully saturated rings. The predicted molar refractivity (Wildman–Crippen MR) is 133 cm³/mol. The smallest absolute Gasteiger partial charge is 0.295 e. The number of fused-ring (bicyclic) bond motifs is 1. The molecule has 0 saturated carbocycles. The van der Waals surface area contributed by atoms with E-state index in [1.54, 1.807) is 48.9 Å². The van der Waals surface area contributed by atoms with Crippen molar-refractivity contribution in [2.75, 3.05) is 34.0 Å². The van der Waals surface area contributed by atoms with E-state index in [4.69, 9.17) is 18.9 Å². The Bertz CT molecular complexity index is 1350. The lowest BCUT2D eigenvalue weighted by molar-refractivity contribution is -0.139. The van der Waals surface area contributed by atoms with Crippen molar-refractivity contribution in [1.82, 2.24) is 14.5 Å². The Morgan fingerprint density at radius 3 is 2.54 bits per heavy atom. The average Bonchev–Trinajstić information content (AvgIpc) is 3.54. The minimum absolute atomic E-state index is 0.00321. The molecule has 2 aliphatic heterocycles. The van der Waals surface area contributed by atoms with Crippen LogP contribution < -0.4 is 18.9 Å². The first-order chi connectivity index (χ1) is 18.0. The topological polar surface area (TPSA) is 112 Å². The standard InChI is InChI=1S/C27H27N3O7/c1-34-19-6-4-17(14-21(19)35-2)24-23(25(31)18-5-7-20-22(15-18)37-13-12-36-20)26(32)27(33)30(24)10-3-9-29-11-8-28-16-29/h4-8,11,14-16,24,31H,3,9-10,12-13H2,1-2H3/b25-23+. The molecule has 2 aliphatic rings. The lowest BCUT2D eigenvalue weighted by Gasteiger charge is -2.26. The second-order valence-electron chi connectivity index (χ2n) is 8.62. The zero-order valence-corrected chi connectivity index (χ0v) is 20.5. The number of ketones is 1. The number of imidazole rings is 1. The first-order valence-electron chi connectivity index (χ1n) is 11.9. The maximum Gasteiger partial charge on any atom is 0.295 e. The fourth-order valence-electron chi connectivity index (χ4n) is 4.67. The van der Waals surface area contributed by atoms with Gasteiger partial charge in [-0.15, -0.1) is 0 Å². The number of aryl methyl sites for hydroxylation is 1. The predicted octanol–water partition coefficient (Wildman–Crippen LogP) is 3.18. The molecule has 1 unspecified atom stereocenters. The highest BCUT2D eigenvalue weighted by Gasteiger charge is 2.46. The number of aromatic nitrogens is 2. The number of carbonyl (C=O) groups excluding carboxylic acids is 2. The molecule has 3 aromatic rings. The average molecular weight is 506 g/mol. The molecule has 1 saturated heterocycles. The number of amides is 1. The maximum absolute atomic E-state index is 13.3. The van der Waals surface area contributed by atoms with E-state index in [-0.39, 0.29) is 11.3 Å². The fraction of sp³-hybridized carbons (Fsp3) is 0.296. The summed E-state index contributed by atoms with van der Waals surface area (Å²) in [5, 5.41) is 11.4. The van der Waals surface area contributed by atoms with Crippen LogP contribution >= 0.6 is 0 Å². The van der Waals surface area contributed by atoms with E-state index in [1.165, 1.54) is 19.1 Å². The molecule has 3 heterocycles. The third kappa shape index (κ3) is 4.57. The van der Waals surface area contributed by atoms with Crippen molar-refractivity contribution in [3.8, 4) is 23.0 Å². The molecule has 10 heteroatoms. The highest BCUT2D eigenvalue weighted by molar-refractivity contribution is 6.46. The van der Waals surface area contributed by atoms with Crippen LogP contribution in [0.15, 0.2) is 60.7 Å². The van der Waals surface area contributed by atoms with Crippen LogP contribution in [0.3, 0.4) is 0 Å². The third-order valence-corrected chi connectivity index (χ3v) is 6.45. The molecule has 0 radical (unpaired) electrons. The normalized spacial score (nSPS) is 18.2. The van der Waals surface area contributed by atoms with Crippen molar-refractivity contribution < 1.29 is 33.6 Å². The molecule has 37 heavy (non-hydrogen) atoms. The van der Waals surface area contributed by atoms with Crippen LogP contribution in [0, 0.1) is 0 Å². The molecular formula is C27H27N3O7. The highest BCUT2D eigenvalue weighted by atomic mass is 16.6. The molecule has 10 nitrogen and oxygen atoms in total. The SMILES string of the molecule is COc1ccc(C2/C(=C(\O)c3ccc4c(c3)OCCO4)C(=O)C(=O)N2CCCn2ccnc2)cc1OC. The second-order valence-corrected chi connectivity index (χ2v) is 8.62. The maximum atomic E-state index is 13.3. The summed E-state index contributed by atoms with van der Waals surface area (Å²) in [6, 6.07) is 9.30. The quantitative estimate of drug-likeness (QED) is 0.282. The van der Waals surface area contributed by atoms with Gasteiger partial charge in [-0.1, -0.05) is 6.07 Å². The first-order valence-corrected chi connectivity index (χ1v) is 11.9. The van der Waals surface area contributed by atoms with E-state index >= 15 is 0 Å². The van der Waals surface area contributed by atoms with E-state index in [0.717, 1.165) is 0 Å². The molecular weight excluding hydrogens is 478 g/mol. The number of hydrogen-bond acceptors (Lipinski definition) is 8. The van der Waals surface area contributed by atoms with Crippen LogP contribution in [0.2, 0.25) is 0 Å². The second kappa shape index (κ2) is 10.3. The summed E-state index contributed by atoms with van der Waals surface area (Å²) in [7, 11) is 3.04. The van der Waals surface area contributed by atoms with Gasteiger partial charge in [0.1, 0.15) is 19.0 Å². The van der Waals surface area contributed by atoms with Crippen molar-refractivity contribution in [3.63, 3.8) is 0 Å². The summed E-state index contributed by atoms with van der Waals surface area (Å²) >= 11 is 0. The molecule has 0 aliphatic carbocycles. The summed E-state index contributed by atoms with van der Waals surface area (Å²) in [6.45, 7) is 1.72. The number of nitrogens with zero attached hydrogens (tertiary/aromatic N) is 3. The summed E-state index contributed by atoms with van der Waals surface area (Å²) in [4.78, 5) is 32.1. The first kappa shape index (κ1) is 24.2. The van der Waals surface area contributed by atoms with Gasteiger partial charge in [0.2, 0.25) is 0 Å². The molecule has 1 atom stereocenters. The van der Waals surface area contributed by atoms with Crippen LogP contribution in [0.5, 0.6) is 23.0 Å². The van der Waals surface area contributed by atoms with Crippen molar-refractivity contribution in [3.05, 3.63) is 71.8 Å². The lowest BCUT2D eigenvalue weighted by Crippen LogP contribution is -2.31. The number of hydrogen-bond donors (Lipinski definition) is 1. The van der Waals surface area contributed by atoms with Crippen LogP contribution in [0.4, 0.5) is 0 Å². The highest BCUT2D eigenvalue weighted by Crippen LogP contribution is 2.43. The van der Waals surface area contributed by atoms with Gasteiger partial charge >= 0.3 is 0 Å². The zero-order valence-electron chi connectivity index (χ0n) is 20.5. The number of methoxy groups -OCH3 is 2. The minimum atomic E-state index is -0.823. The van der Waals surface area contributed by atoms with E-state index in [0.29, 0.717) is 66.8 Å². The molecule has 192 valence electrons. The van der Waals surface area contributed by atoms with Crippen molar-refractivity contribution >= 4 is 17.4 Å². The number of Topliss-reactive ketones (excluding diaryl/α,β-unsaturated/α-hetero) is 1. The monoisotopic (exact) mass is 505 g/mol. The van der Waals surface area contributed by atoms with Crippen molar-refractivity contribution in [2.45, 2.75) is 19.0 Å². The summed E-state index contributed by atoms with van der Waals surface area (Å²) in [6.07, 6.45) is 5.80. The number of aliphatic hydroxyl groups is 1. The Morgan fingerprint density at radius 2 is 1.81 bits per heavy atom. The number of benzene rings is 2. The lowest BCUT2D eigenvalue weighted by atomic mass is 9.94. The number of aliphatic hydroxyl groups excluding tert-OH is 1. The Morgan fingerprint density at radius 1 is 1.03 bits per heavy atom. The Balaban J connectivity index is 1.57. The van der Waals surface area contributed by atoms with Gasteiger partial charge in [-0.05, 0) is 42.3 Å². The molecule has 1 N–H and O–H groups in total. The van der Waals surface area contributed by atoms with Gasteiger partial charge in [-0.25, -0.2) is 4.98 Å². The molecule has 0 spiro atoms. The van der Waals surface area contributed by atoms with Crippen LogP contribution in [0.25, 0.3) is 5.76 Å². The molecule has 2 aromatic carbocycles. The van der Waals surface area contributed by atoms with Crippen molar-refractivity contribution in [1.29, 1.82) is 0 Å². The summed E-state index contributed by atoms with van der Waals surface area (Å²) in [5.74, 6) is 0.261. The van der Waals surface area contributed by atoms with Gasteiger partial charge < -0.3 is 33.5 Å². The molecule has 0 bridgehead atoms. The van der Waals surface area contributed by atoms with Gasteiger partial charge in [-0.3, -0.25) is 9.59 Å². The van der Waals surface area contributed by atoms with Crippen LogP contribution in [0.1, 0.15) is 23.6 Å². The Labute approximate surface area is 213 Å². The van der Waals surface area contributed by atoms with E-state index < -0.39 is 17.7 Å². The van der Waals surface area contributed by atoms with Gasteiger partial charge in [0, 0.05) is 31.0 Å². The number of rotatable bonds is 8. The van der Waals surface area contributed by atoms with Crippen LogP contribution in [-0.2, 0) is 16.1 Å². The van der Waals surface area contributed by atoms with Crippen LogP contribution in [-0.4, -0.2) is 65.2 Å². The third-order valence-electron chi connectivity index (χ3n) is 6.45. The molecule has 5 rings (SSSR count). The van der Waals surface area contributed by atoms with Gasteiger partial charge in [0.15, 0.2) is 23.0 Å². The number of ether oxygens (including phenoxy) is 4. The van der Waals surface area contributed by atoms with E-state index in [2.05, 4.69) is 4.98 Å². The van der Waals surface area contributed by atoms with Gasteiger partial charge in [-0.2, -0.15) is 0 Å². The number of carbonyl (C=O) groups is 2.